The lowest BCUT2D eigenvalue weighted by Crippen LogP contribution is -2.40. The molecule has 1 heterocycles. The van der Waals surface area contributed by atoms with Crippen molar-refractivity contribution < 1.29 is 19.0 Å². The summed E-state index contributed by atoms with van der Waals surface area (Å²) in [6.07, 6.45) is 7.62. The minimum Gasteiger partial charge on any atom is -0.463 e. The molecule has 0 amide bonds. The summed E-state index contributed by atoms with van der Waals surface area (Å²) in [5.41, 5.74) is 0. The molecule has 1 aliphatic carbocycles. The van der Waals surface area contributed by atoms with Gasteiger partial charge in [-0.25, -0.2) is 4.79 Å². The van der Waals surface area contributed by atoms with E-state index in [-0.39, 0.29) is 11.9 Å². The molecule has 96 valence electrons. The van der Waals surface area contributed by atoms with Crippen LogP contribution in [0.25, 0.3) is 0 Å². The van der Waals surface area contributed by atoms with Crippen molar-refractivity contribution in [1.29, 1.82) is 0 Å². The van der Waals surface area contributed by atoms with Crippen molar-refractivity contribution in [1.82, 2.24) is 0 Å². The van der Waals surface area contributed by atoms with Crippen LogP contribution in [0.2, 0.25) is 0 Å². The predicted molar refractivity (Wildman–Crippen MR) is 62.4 cm³/mol. The molecule has 1 saturated heterocycles. The van der Waals surface area contributed by atoms with E-state index in [1.54, 1.807) is 6.92 Å². The summed E-state index contributed by atoms with van der Waals surface area (Å²) in [7, 11) is 0. The highest BCUT2D eigenvalue weighted by atomic mass is 16.7. The zero-order valence-electron chi connectivity index (χ0n) is 10.3. The van der Waals surface area contributed by atoms with Crippen LogP contribution in [-0.4, -0.2) is 31.6 Å². The molecule has 2 fully saturated rings. The Morgan fingerprint density at radius 3 is 2.88 bits per heavy atom. The van der Waals surface area contributed by atoms with Crippen LogP contribution in [0.5, 0.6) is 0 Å². The number of hydrogen-bond acceptors (Lipinski definition) is 4. The van der Waals surface area contributed by atoms with Gasteiger partial charge < -0.3 is 14.2 Å². The van der Waals surface area contributed by atoms with Crippen molar-refractivity contribution in [2.24, 2.45) is 5.92 Å². The van der Waals surface area contributed by atoms with E-state index in [1.165, 1.54) is 6.08 Å². The Morgan fingerprint density at radius 1 is 1.41 bits per heavy atom. The molecule has 0 bridgehead atoms. The highest BCUT2D eigenvalue weighted by molar-refractivity contribution is 5.81. The van der Waals surface area contributed by atoms with Crippen LogP contribution in [0.1, 0.15) is 32.6 Å². The lowest BCUT2D eigenvalue weighted by molar-refractivity contribution is -0.200. The third-order valence-corrected chi connectivity index (χ3v) is 3.38. The van der Waals surface area contributed by atoms with Gasteiger partial charge in [0.1, 0.15) is 0 Å². The first-order valence-electron chi connectivity index (χ1n) is 6.40. The Balaban J connectivity index is 1.99. The van der Waals surface area contributed by atoms with E-state index in [0.717, 1.165) is 25.7 Å². The molecule has 4 heteroatoms. The van der Waals surface area contributed by atoms with E-state index < -0.39 is 5.79 Å². The van der Waals surface area contributed by atoms with Gasteiger partial charge in [-0.2, -0.15) is 0 Å². The predicted octanol–water partition coefficient (Wildman–Crippen LogP) is 2.04. The first-order chi connectivity index (χ1) is 8.27. The summed E-state index contributed by atoms with van der Waals surface area (Å²) < 4.78 is 16.4. The highest BCUT2D eigenvalue weighted by Crippen LogP contribution is 2.41. The van der Waals surface area contributed by atoms with Gasteiger partial charge in [0.05, 0.1) is 19.8 Å². The van der Waals surface area contributed by atoms with E-state index in [0.29, 0.717) is 19.8 Å². The molecule has 2 aliphatic rings. The normalized spacial score (nSPS) is 27.7. The molecule has 17 heavy (non-hydrogen) atoms. The SMILES string of the molecule is CCOC(=O)/C=C/C1CCCCC12OCCO2. The van der Waals surface area contributed by atoms with Crippen LogP contribution in [0, 0.1) is 5.92 Å². The van der Waals surface area contributed by atoms with Gasteiger partial charge in [0.25, 0.3) is 0 Å². The maximum Gasteiger partial charge on any atom is 0.330 e. The topological polar surface area (TPSA) is 44.8 Å². The number of esters is 1. The van der Waals surface area contributed by atoms with Crippen LogP contribution in [0.4, 0.5) is 0 Å². The molecular weight excluding hydrogens is 220 g/mol. The van der Waals surface area contributed by atoms with Crippen LogP contribution in [0.3, 0.4) is 0 Å². The second-order valence-corrected chi connectivity index (χ2v) is 4.47. The van der Waals surface area contributed by atoms with Gasteiger partial charge in [-0.15, -0.1) is 0 Å². The van der Waals surface area contributed by atoms with Gasteiger partial charge in [-0.3, -0.25) is 0 Å². The molecule has 2 rings (SSSR count). The van der Waals surface area contributed by atoms with Gasteiger partial charge in [0, 0.05) is 18.4 Å². The summed E-state index contributed by atoms with van der Waals surface area (Å²) >= 11 is 0. The zero-order chi connectivity index (χ0) is 12.1. The second-order valence-electron chi connectivity index (χ2n) is 4.47. The molecule has 0 radical (unpaired) electrons. The maximum absolute atomic E-state index is 11.3. The second kappa shape index (κ2) is 5.65. The molecule has 1 unspecified atom stereocenters. The quantitative estimate of drug-likeness (QED) is 0.559. The fourth-order valence-corrected chi connectivity index (χ4v) is 2.60. The summed E-state index contributed by atoms with van der Waals surface area (Å²) in [6.45, 7) is 3.52. The number of hydrogen-bond donors (Lipinski definition) is 0. The molecule has 0 aromatic carbocycles. The minimum atomic E-state index is -0.471. The molecular formula is C13H20O4. The molecule has 1 atom stereocenters. The molecule has 0 aromatic heterocycles. The highest BCUT2D eigenvalue weighted by Gasteiger charge is 2.44. The van der Waals surface area contributed by atoms with E-state index in [1.807, 2.05) is 6.08 Å². The summed E-state index contributed by atoms with van der Waals surface area (Å²) in [6, 6.07) is 0. The van der Waals surface area contributed by atoms with Crippen molar-refractivity contribution >= 4 is 5.97 Å². The molecule has 1 saturated carbocycles. The van der Waals surface area contributed by atoms with E-state index in [9.17, 15) is 4.79 Å². The first kappa shape index (κ1) is 12.6. The number of carbonyl (C=O) groups excluding carboxylic acids is 1. The van der Waals surface area contributed by atoms with Crippen molar-refractivity contribution in [3.8, 4) is 0 Å². The lowest BCUT2D eigenvalue weighted by Gasteiger charge is -2.37. The van der Waals surface area contributed by atoms with Crippen molar-refractivity contribution in [3.63, 3.8) is 0 Å². The largest absolute Gasteiger partial charge is 0.463 e. The summed E-state index contributed by atoms with van der Waals surface area (Å²) in [5, 5.41) is 0. The number of carbonyl (C=O) groups is 1. The maximum atomic E-state index is 11.3. The Bertz CT molecular complexity index is 292. The van der Waals surface area contributed by atoms with Gasteiger partial charge in [-0.1, -0.05) is 12.5 Å². The fraction of sp³-hybridized carbons (Fsp3) is 0.769. The van der Waals surface area contributed by atoms with Crippen molar-refractivity contribution in [2.45, 2.75) is 38.4 Å². The number of rotatable bonds is 3. The fourth-order valence-electron chi connectivity index (χ4n) is 2.60. The third kappa shape index (κ3) is 2.87. The Morgan fingerprint density at radius 2 is 2.18 bits per heavy atom. The van der Waals surface area contributed by atoms with Crippen molar-refractivity contribution in [3.05, 3.63) is 12.2 Å². The zero-order valence-corrected chi connectivity index (χ0v) is 10.3. The standard InChI is InChI=1S/C13H20O4/c1-2-15-12(14)7-6-11-5-3-4-8-13(11)16-9-10-17-13/h6-7,11H,2-5,8-10H2,1H3/b7-6+. The molecule has 1 aliphatic heterocycles. The Hall–Kier alpha value is -0.870. The van der Waals surface area contributed by atoms with E-state index >= 15 is 0 Å². The summed E-state index contributed by atoms with van der Waals surface area (Å²) in [4.78, 5) is 11.3. The first-order valence-corrected chi connectivity index (χ1v) is 6.40. The molecule has 0 aromatic rings. The average molecular weight is 240 g/mol. The molecule has 0 N–H and O–H groups in total. The summed E-state index contributed by atoms with van der Waals surface area (Å²) in [5.74, 6) is -0.587. The lowest BCUT2D eigenvalue weighted by atomic mass is 9.83. The minimum absolute atomic E-state index is 0.170. The van der Waals surface area contributed by atoms with Crippen LogP contribution >= 0.6 is 0 Å². The molecule has 1 spiro atoms. The van der Waals surface area contributed by atoms with Crippen molar-refractivity contribution in [2.75, 3.05) is 19.8 Å². The smallest absolute Gasteiger partial charge is 0.330 e. The Kier molecular flexibility index (Phi) is 4.18. The Labute approximate surface area is 102 Å². The van der Waals surface area contributed by atoms with Gasteiger partial charge in [-0.05, 0) is 19.8 Å². The number of ether oxygens (including phenoxy) is 3. The molecule has 4 nitrogen and oxygen atoms in total. The van der Waals surface area contributed by atoms with E-state index in [4.69, 9.17) is 14.2 Å². The van der Waals surface area contributed by atoms with E-state index in [2.05, 4.69) is 0 Å². The van der Waals surface area contributed by atoms with Gasteiger partial charge in [0.2, 0.25) is 0 Å². The third-order valence-electron chi connectivity index (χ3n) is 3.38. The average Bonchev–Trinajstić information content (AvgIpc) is 2.78. The van der Waals surface area contributed by atoms with Crippen LogP contribution in [0.15, 0.2) is 12.2 Å². The monoisotopic (exact) mass is 240 g/mol. The van der Waals surface area contributed by atoms with Gasteiger partial charge >= 0.3 is 5.97 Å². The van der Waals surface area contributed by atoms with Gasteiger partial charge in [0.15, 0.2) is 5.79 Å². The van der Waals surface area contributed by atoms with Crippen LogP contribution in [-0.2, 0) is 19.0 Å². The van der Waals surface area contributed by atoms with Crippen LogP contribution < -0.4 is 0 Å².